The molecule has 0 atom stereocenters. The molecule has 0 radical (unpaired) electrons. The van der Waals surface area contributed by atoms with Crippen LogP contribution < -0.4 is 4.74 Å². The first-order valence-electron chi connectivity index (χ1n) is 10.7. The van der Waals surface area contributed by atoms with Gasteiger partial charge in [-0.05, 0) is 61.1 Å². The highest BCUT2D eigenvalue weighted by atomic mass is 16.5. The van der Waals surface area contributed by atoms with E-state index >= 15 is 0 Å². The summed E-state index contributed by atoms with van der Waals surface area (Å²) in [6.07, 6.45) is 7.57. The Morgan fingerprint density at radius 3 is 1.93 bits per heavy atom. The van der Waals surface area contributed by atoms with Crippen molar-refractivity contribution in [2.24, 2.45) is 0 Å². The summed E-state index contributed by atoms with van der Waals surface area (Å²) in [6, 6.07) is 15.7. The van der Waals surface area contributed by atoms with Crippen molar-refractivity contribution < 1.29 is 19.0 Å². The van der Waals surface area contributed by atoms with Crippen molar-refractivity contribution in [2.45, 2.75) is 51.9 Å². The van der Waals surface area contributed by atoms with Gasteiger partial charge in [-0.15, -0.1) is 0 Å². The third-order valence-electron chi connectivity index (χ3n) is 4.80. The Labute approximate surface area is 175 Å². The fourth-order valence-corrected chi connectivity index (χ4v) is 3.03. The summed E-state index contributed by atoms with van der Waals surface area (Å²) >= 11 is 0. The molecule has 0 amide bonds. The van der Waals surface area contributed by atoms with Crippen molar-refractivity contribution in [2.75, 3.05) is 26.9 Å². The molecule has 0 fully saturated rings. The Bertz CT molecular complexity index is 692. The smallest absolute Gasteiger partial charge is 0.338 e. The molecule has 4 nitrogen and oxygen atoms in total. The number of hydrogen-bond donors (Lipinski definition) is 0. The lowest BCUT2D eigenvalue weighted by Crippen LogP contribution is -2.06. The van der Waals surface area contributed by atoms with Crippen LogP contribution in [0.1, 0.15) is 62.2 Å². The Morgan fingerprint density at radius 2 is 1.31 bits per heavy atom. The monoisotopic (exact) mass is 398 g/mol. The van der Waals surface area contributed by atoms with Gasteiger partial charge in [0.15, 0.2) is 0 Å². The van der Waals surface area contributed by atoms with Crippen LogP contribution in [0.15, 0.2) is 48.5 Å². The van der Waals surface area contributed by atoms with Crippen LogP contribution in [-0.4, -0.2) is 32.9 Å². The van der Waals surface area contributed by atoms with Gasteiger partial charge in [0.2, 0.25) is 0 Å². The molecule has 0 aliphatic rings. The molecule has 0 spiro atoms. The van der Waals surface area contributed by atoms with Crippen molar-refractivity contribution in [3.05, 3.63) is 54.1 Å². The second kappa shape index (κ2) is 13.8. The summed E-state index contributed by atoms with van der Waals surface area (Å²) in [7, 11) is 1.71. The SMILES string of the molecule is CCCCCOc1ccc(-c2ccc(C(=O)OCCCCCCOC)cc2)cc1. The third-order valence-corrected chi connectivity index (χ3v) is 4.80. The summed E-state index contributed by atoms with van der Waals surface area (Å²) in [5.74, 6) is 0.636. The number of carbonyl (C=O) groups excluding carboxylic acids is 1. The molecule has 158 valence electrons. The lowest BCUT2D eigenvalue weighted by Gasteiger charge is -2.08. The zero-order chi connectivity index (χ0) is 20.7. The first-order chi connectivity index (χ1) is 14.2. The van der Waals surface area contributed by atoms with Crippen LogP contribution in [0.4, 0.5) is 0 Å². The highest BCUT2D eigenvalue weighted by Crippen LogP contribution is 2.23. The average Bonchev–Trinajstić information content (AvgIpc) is 2.76. The van der Waals surface area contributed by atoms with Crippen LogP contribution in [-0.2, 0) is 9.47 Å². The lowest BCUT2D eigenvalue weighted by atomic mass is 10.0. The Morgan fingerprint density at radius 1 is 0.724 bits per heavy atom. The molecule has 29 heavy (non-hydrogen) atoms. The van der Waals surface area contributed by atoms with E-state index in [1.165, 1.54) is 12.8 Å². The summed E-state index contributed by atoms with van der Waals surface area (Å²) < 4.78 is 16.1. The highest BCUT2D eigenvalue weighted by Gasteiger charge is 2.07. The Hall–Kier alpha value is -2.33. The Kier molecular flexibility index (Phi) is 10.9. The number of hydrogen-bond acceptors (Lipinski definition) is 4. The molecule has 0 unspecified atom stereocenters. The van der Waals surface area contributed by atoms with E-state index < -0.39 is 0 Å². The van der Waals surface area contributed by atoms with E-state index in [4.69, 9.17) is 14.2 Å². The van der Waals surface area contributed by atoms with Crippen molar-refractivity contribution in [3.8, 4) is 16.9 Å². The van der Waals surface area contributed by atoms with Crippen molar-refractivity contribution in [1.82, 2.24) is 0 Å². The zero-order valence-corrected chi connectivity index (χ0v) is 17.8. The van der Waals surface area contributed by atoms with E-state index in [0.717, 1.165) is 62.2 Å². The van der Waals surface area contributed by atoms with E-state index in [-0.39, 0.29) is 5.97 Å². The number of ether oxygens (including phenoxy) is 3. The second-order valence-corrected chi connectivity index (χ2v) is 7.20. The topological polar surface area (TPSA) is 44.8 Å². The van der Waals surface area contributed by atoms with Gasteiger partial charge in [-0.25, -0.2) is 4.79 Å². The normalized spacial score (nSPS) is 10.7. The van der Waals surface area contributed by atoms with Gasteiger partial charge < -0.3 is 14.2 Å². The van der Waals surface area contributed by atoms with Gasteiger partial charge in [-0.2, -0.15) is 0 Å². The van der Waals surface area contributed by atoms with Crippen molar-refractivity contribution in [1.29, 1.82) is 0 Å². The molecule has 0 N–H and O–H groups in total. The van der Waals surface area contributed by atoms with Crippen molar-refractivity contribution in [3.63, 3.8) is 0 Å². The minimum atomic E-state index is -0.260. The summed E-state index contributed by atoms with van der Waals surface area (Å²) in [4.78, 5) is 12.2. The maximum Gasteiger partial charge on any atom is 0.338 e. The van der Waals surface area contributed by atoms with Gasteiger partial charge in [0.05, 0.1) is 18.8 Å². The molecule has 2 aromatic carbocycles. The molecule has 0 saturated heterocycles. The maximum atomic E-state index is 12.2. The largest absolute Gasteiger partial charge is 0.494 e. The fourth-order valence-electron chi connectivity index (χ4n) is 3.03. The molecule has 0 aliphatic carbocycles. The van der Waals surface area contributed by atoms with E-state index in [9.17, 15) is 4.79 Å². The molecular weight excluding hydrogens is 364 g/mol. The standard InChI is InChI=1S/C25H34O4/c1-3-4-7-19-28-24-16-14-22(15-17-24)21-10-12-23(13-11-21)25(26)29-20-9-6-5-8-18-27-2/h10-17H,3-9,18-20H2,1-2H3. The minimum Gasteiger partial charge on any atom is -0.494 e. The van der Waals surface area contributed by atoms with Crippen LogP contribution in [0.5, 0.6) is 5.75 Å². The Balaban J connectivity index is 1.76. The van der Waals surface area contributed by atoms with E-state index in [0.29, 0.717) is 12.2 Å². The average molecular weight is 399 g/mol. The van der Waals surface area contributed by atoms with Gasteiger partial charge in [-0.1, -0.05) is 50.5 Å². The van der Waals surface area contributed by atoms with Crippen LogP contribution in [0, 0.1) is 0 Å². The molecule has 0 heterocycles. The second-order valence-electron chi connectivity index (χ2n) is 7.20. The first kappa shape index (κ1) is 23.0. The molecule has 2 aromatic rings. The van der Waals surface area contributed by atoms with Gasteiger partial charge in [0, 0.05) is 13.7 Å². The number of rotatable bonds is 14. The van der Waals surface area contributed by atoms with E-state index in [1.54, 1.807) is 7.11 Å². The molecule has 0 aromatic heterocycles. The van der Waals surface area contributed by atoms with Gasteiger partial charge in [0.1, 0.15) is 5.75 Å². The molecule has 0 aliphatic heterocycles. The van der Waals surface area contributed by atoms with Gasteiger partial charge >= 0.3 is 5.97 Å². The molecule has 0 saturated carbocycles. The van der Waals surface area contributed by atoms with E-state index in [1.807, 2.05) is 48.5 Å². The maximum absolute atomic E-state index is 12.2. The molecule has 0 bridgehead atoms. The third kappa shape index (κ3) is 8.70. The number of methoxy groups -OCH3 is 1. The minimum absolute atomic E-state index is 0.260. The highest BCUT2D eigenvalue weighted by molar-refractivity contribution is 5.90. The lowest BCUT2D eigenvalue weighted by molar-refractivity contribution is 0.0497. The molecular formula is C25H34O4. The molecule has 2 rings (SSSR count). The number of carbonyl (C=O) groups is 1. The fraction of sp³-hybridized carbons (Fsp3) is 0.480. The predicted molar refractivity (Wildman–Crippen MR) is 118 cm³/mol. The zero-order valence-electron chi connectivity index (χ0n) is 17.8. The number of benzene rings is 2. The van der Waals surface area contributed by atoms with Crippen LogP contribution in [0.25, 0.3) is 11.1 Å². The quantitative estimate of drug-likeness (QED) is 0.277. The van der Waals surface area contributed by atoms with Crippen LogP contribution in [0.3, 0.4) is 0 Å². The summed E-state index contributed by atoms with van der Waals surface area (Å²) in [6.45, 7) is 4.21. The van der Waals surface area contributed by atoms with Crippen LogP contribution in [0.2, 0.25) is 0 Å². The van der Waals surface area contributed by atoms with Gasteiger partial charge in [0.25, 0.3) is 0 Å². The first-order valence-corrected chi connectivity index (χ1v) is 10.7. The number of esters is 1. The van der Waals surface area contributed by atoms with E-state index in [2.05, 4.69) is 6.92 Å². The summed E-state index contributed by atoms with van der Waals surface area (Å²) in [5, 5.41) is 0. The van der Waals surface area contributed by atoms with Crippen LogP contribution >= 0.6 is 0 Å². The number of unbranched alkanes of at least 4 members (excludes halogenated alkanes) is 5. The van der Waals surface area contributed by atoms with Crippen molar-refractivity contribution >= 4 is 5.97 Å². The molecule has 4 heteroatoms. The summed E-state index contributed by atoms with van der Waals surface area (Å²) in [5.41, 5.74) is 2.75. The van der Waals surface area contributed by atoms with Gasteiger partial charge in [-0.3, -0.25) is 0 Å². The predicted octanol–water partition coefficient (Wildman–Crippen LogP) is 6.29.